The van der Waals surface area contributed by atoms with Gasteiger partial charge in [-0.2, -0.15) is 5.26 Å². The number of hydrogen-bond acceptors (Lipinski definition) is 6. The monoisotopic (exact) mass is 415 g/mol. The molecular weight excluding hydrogens is 394 g/mol. The van der Waals surface area contributed by atoms with Crippen LogP contribution in [-0.4, -0.2) is 54.6 Å². The van der Waals surface area contributed by atoms with Crippen LogP contribution in [0.1, 0.15) is 29.4 Å². The Morgan fingerprint density at radius 2 is 1.97 bits per heavy atom. The second-order valence-corrected chi connectivity index (χ2v) is 7.01. The minimum Gasteiger partial charge on any atom is -0.464 e. The summed E-state index contributed by atoms with van der Waals surface area (Å²) < 4.78 is 6.41. The van der Waals surface area contributed by atoms with E-state index in [1.807, 2.05) is 17.9 Å². The van der Waals surface area contributed by atoms with Crippen LogP contribution in [0.5, 0.6) is 0 Å². The second-order valence-electron chi connectivity index (χ2n) is 6.61. The summed E-state index contributed by atoms with van der Waals surface area (Å²) in [6, 6.07) is 7.33. The highest BCUT2D eigenvalue weighted by molar-refractivity contribution is 6.33. The predicted molar refractivity (Wildman–Crippen MR) is 110 cm³/mol. The Bertz CT molecular complexity index is 987. The Labute approximate surface area is 174 Å². The van der Waals surface area contributed by atoms with Gasteiger partial charge in [-0.05, 0) is 12.1 Å². The van der Waals surface area contributed by atoms with Crippen LogP contribution < -0.4 is 10.6 Å². The lowest BCUT2D eigenvalue weighted by Gasteiger charge is -2.37. The summed E-state index contributed by atoms with van der Waals surface area (Å²) in [5.74, 6) is -0.526. The van der Waals surface area contributed by atoms with Crippen molar-refractivity contribution in [2.24, 2.45) is 0 Å². The third-order valence-electron chi connectivity index (χ3n) is 5.02. The lowest BCUT2D eigenvalue weighted by molar-refractivity contribution is -0.131. The lowest BCUT2D eigenvalue weighted by Crippen LogP contribution is -2.49. The van der Waals surface area contributed by atoms with Crippen LogP contribution in [-0.2, 0) is 9.53 Å². The molecule has 0 saturated carbocycles. The van der Waals surface area contributed by atoms with Crippen molar-refractivity contribution in [2.75, 3.05) is 43.9 Å². The smallest absolute Gasteiger partial charge is 0.357 e. The first kappa shape index (κ1) is 20.6. The first-order valence-corrected chi connectivity index (χ1v) is 9.61. The molecule has 1 aromatic carbocycles. The van der Waals surface area contributed by atoms with Crippen molar-refractivity contribution >= 4 is 34.9 Å². The van der Waals surface area contributed by atoms with Crippen molar-refractivity contribution in [3.63, 3.8) is 0 Å². The molecule has 2 heterocycles. The maximum atomic E-state index is 12.4. The Balaban J connectivity index is 2.06. The first-order valence-electron chi connectivity index (χ1n) is 9.23. The third kappa shape index (κ3) is 3.74. The standard InChI is InChI=1S/C20H22ClN5O3/c1-3-16(27)24-7-9-25(10-8-24)18-14(21)5-4-6-15(18)26-12-13(11-22)17(23)19(26)20(28)29-2/h4-6,12H,3,7-10,23H2,1-2H3. The fraction of sp³-hybridized carbons (Fsp3) is 0.350. The van der Waals surface area contributed by atoms with Crippen LogP contribution in [0.2, 0.25) is 5.02 Å². The number of methoxy groups -OCH3 is 1. The van der Waals surface area contributed by atoms with Crippen LogP contribution in [0.3, 0.4) is 0 Å². The Morgan fingerprint density at radius 1 is 1.28 bits per heavy atom. The van der Waals surface area contributed by atoms with E-state index >= 15 is 0 Å². The number of anilines is 2. The number of nitrogens with two attached hydrogens (primary N) is 1. The number of carbonyl (C=O) groups is 2. The number of rotatable bonds is 4. The highest BCUT2D eigenvalue weighted by atomic mass is 35.5. The van der Waals surface area contributed by atoms with E-state index in [2.05, 4.69) is 4.90 Å². The molecule has 1 amide bonds. The molecule has 2 N–H and O–H groups in total. The highest BCUT2D eigenvalue weighted by Crippen LogP contribution is 2.36. The summed E-state index contributed by atoms with van der Waals surface area (Å²) in [6.07, 6.45) is 1.98. The summed E-state index contributed by atoms with van der Waals surface area (Å²) in [7, 11) is 1.26. The fourth-order valence-corrected chi connectivity index (χ4v) is 3.81. The number of halogens is 1. The number of piperazine rings is 1. The van der Waals surface area contributed by atoms with Gasteiger partial charge in [0.15, 0.2) is 5.69 Å². The lowest BCUT2D eigenvalue weighted by atomic mass is 10.2. The molecule has 0 radical (unpaired) electrons. The average molecular weight is 416 g/mol. The number of ether oxygens (including phenoxy) is 1. The number of aromatic nitrogens is 1. The number of esters is 1. The average Bonchev–Trinajstić information content (AvgIpc) is 3.08. The van der Waals surface area contributed by atoms with E-state index in [0.29, 0.717) is 49.0 Å². The van der Waals surface area contributed by atoms with Crippen molar-refractivity contribution in [3.8, 4) is 11.8 Å². The summed E-state index contributed by atoms with van der Waals surface area (Å²) in [5.41, 5.74) is 7.66. The van der Waals surface area contributed by atoms with Crippen molar-refractivity contribution in [1.82, 2.24) is 9.47 Å². The third-order valence-corrected chi connectivity index (χ3v) is 5.32. The van der Waals surface area contributed by atoms with E-state index in [0.717, 1.165) is 0 Å². The Hall–Kier alpha value is -3.18. The molecular formula is C20H22ClN5O3. The van der Waals surface area contributed by atoms with Gasteiger partial charge in [-0.3, -0.25) is 4.79 Å². The Morgan fingerprint density at radius 3 is 2.55 bits per heavy atom. The van der Waals surface area contributed by atoms with Gasteiger partial charge >= 0.3 is 5.97 Å². The van der Waals surface area contributed by atoms with E-state index < -0.39 is 5.97 Å². The molecule has 1 fully saturated rings. The maximum absolute atomic E-state index is 12.4. The van der Waals surface area contributed by atoms with E-state index in [-0.39, 0.29) is 22.9 Å². The van der Waals surface area contributed by atoms with Gasteiger partial charge in [-0.25, -0.2) is 4.79 Å². The zero-order valence-electron chi connectivity index (χ0n) is 16.3. The molecule has 1 aliphatic heterocycles. The highest BCUT2D eigenvalue weighted by Gasteiger charge is 2.27. The summed E-state index contributed by atoms with van der Waals surface area (Å²) in [4.78, 5) is 28.2. The normalized spacial score (nSPS) is 13.9. The summed E-state index contributed by atoms with van der Waals surface area (Å²) in [5, 5.41) is 9.86. The first-order chi connectivity index (χ1) is 13.9. The maximum Gasteiger partial charge on any atom is 0.357 e. The molecule has 0 atom stereocenters. The van der Waals surface area contributed by atoms with Gasteiger partial charge in [0, 0.05) is 38.8 Å². The number of hydrogen-bond donors (Lipinski definition) is 1. The molecule has 0 bridgehead atoms. The topological polar surface area (TPSA) is 105 Å². The van der Waals surface area contributed by atoms with Gasteiger partial charge in [-0.1, -0.05) is 24.6 Å². The van der Waals surface area contributed by atoms with Crippen LogP contribution in [0, 0.1) is 11.3 Å². The number of nitrogen functional groups attached to an aromatic ring is 1. The molecule has 0 aliphatic carbocycles. The van der Waals surface area contributed by atoms with Gasteiger partial charge in [0.2, 0.25) is 5.91 Å². The molecule has 1 aliphatic rings. The van der Waals surface area contributed by atoms with E-state index in [9.17, 15) is 14.9 Å². The van der Waals surface area contributed by atoms with Crippen molar-refractivity contribution in [1.29, 1.82) is 5.26 Å². The molecule has 0 spiro atoms. The number of carbonyl (C=O) groups excluding carboxylic acids is 2. The number of para-hydroxylation sites is 1. The molecule has 0 unspecified atom stereocenters. The Kier molecular flexibility index (Phi) is 5.99. The second kappa shape index (κ2) is 8.45. The molecule has 152 valence electrons. The van der Waals surface area contributed by atoms with Gasteiger partial charge in [0.25, 0.3) is 0 Å². The van der Waals surface area contributed by atoms with E-state index in [4.69, 9.17) is 22.1 Å². The molecule has 2 aromatic rings. The number of benzene rings is 1. The van der Waals surface area contributed by atoms with Crippen LogP contribution in [0.4, 0.5) is 11.4 Å². The molecule has 8 nitrogen and oxygen atoms in total. The quantitative estimate of drug-likeness (QED) is 0.769. The van der Waals surface area contributed by atoms with Crippen molar-refractivity contribution in [2.45, 2.75) is 13.3 Å². The van der Waals surface area contributed by atoms with E-state index in [1.54, 1.807) is 22.8 Å². The zero-order chi connectivity index (χ0) is 21.1. The van der Waals surface area contributed by atoms with Gasteiger partial charge in [0.1, 0.15) is 6.07 Å². The van der Waals surface area contributed by atoms with Gasteiger partial charge in [0.05, 0.1) is 34.8 Å². The fourth-order valence-electron chi connectivity index (χ4n) is 3.52. The molecule has 1 aromatic heterocycles. The number of nitrogens with zero attached hydrogens (tertiary/aromatic N) is 4. The molecule has 3 rings (SSSR count). The van der Waals surface area contributed by atoms with Gasteiger partial charge < -0.3 is 24.8 Å². The number of amides is 1. The van der Waals surface area contributed by atoms with E-state index in [1.165, 1.54) is 13.3 Å². The molecule has 1 saturated heterocycles. The predicted octanol–water partition coefficient (Wildman–Crippen LogP) is 2.43. The van der Waals surface area contributed by atoms with Crippen LogP contribution in [0.25, 0.3) is 5.69 Å². The SMILES string of the molecule is CCC(=O)N1CCN(c2c(Cl)cccc2-n2cc(C#N)c(N)c2C(=O)OC)CC1. The van der Waals surface area contributed by atoms with Gasteiger partial charge in [-0.15, -0.1) is 0 Å². The zero-order valence-corrected chi connectivity index (χ0v) is 17.1. The minimum atomic E-state index is -0.645. The van der Waals surface area contributed by atoms with Crippen LogP contribution in [0.15, 0.2) is 24.4 Å². The number of nitriles is 1. The molecule has 9 heteroatoms. The van der Waals surface area contributed by atoms with Crippen LogP contribution >= 0.6 is 11.6 Å². The molecule has 29 heavy (non-hydrogen) atoms. The van der Waals surface area contributed by atoms with Crippen molar-refractivity contribution < 1.29 is 14.3 Å². The summed E-state index contributed by atoms with van der Waals surface area (Å²) in [6.45, 7) is 4.20. The van der Waals surface area contributed by atoms with Crippen molar-refractivity contribution in [3.05, 3.63) is 40.7 Å². The largest absolute Gasteiger partial charge is 0.464 e. The minimum absolute atomic E-state index is 0.0589. The summed E-state index contributed by atoms with van der Waals surface area (Å²) >= 11 is 6.54.